The van der Waals surface area contributed by atoms with Gasteiger partial charge in [0.05, 0.1) is 5.56 Å². The summed E-state index contributed by atoms with van der Waals surface area (Å²) in [7, 11) is 0. The highest BCUT2D eigenvalue weighted by molar-refractivity contribution is 5.26. The van der Waals surface area contributed by atoms with E-state index in [1.165, 1.54) is 6.07 Å². The van der Waals surface area contributed by atoms with Gasteiger partial charge in [-0.05, 0) is 56.0 Å². The largest absolute Gasteiger partial charge is 0.419 e. The molecular weight excluding hydrogens is 246 g/mol. The van der Waals surface area contributed by atoms with Crippen molar-refractivity contribution >= 4 is 0 Å². The molecule has 18 heavy (non-hydrogen) atoms. The van der Waals surface area contributed by atoms with Gasteiger partial charge in [-0.15, -0.1) is 0 Å². The third-order valence-corrected chi connectivity index (χ3v) is 3.26. The number of halogens is 4. The number of alkyl halides is 3. The molecule has 0 spiro atoms. The zero-order chi connectivity index (χ0) is 13.2. The van der Waals surface area contributed by atoms with Crippen molar-refractivity contribution in [3.05, 3.63) is 35.1 Å². The maximum absolute atomic E-state index is 13.4. The Bertz CT molecular complexity index is 408. The summed E-state index contributed by atoms with van der Waals surface area (Å²) in [6.45, 7) is 1.83. The first-order valence-electron chi connectivity index (χ1n) is 6.03. The van der Waals surface area contributed by atoms with Gasteiger partial charge in [0.2, 0.25) is 0 Å². The van der Waals surface area contributed by atoms with E-state index in [1.54, 1.807) is 0 Å². The summed E-state index contributed by atoms with van der Waals surface area (Å²) in [6, 6.07) is 3.22. The first-order chi connectivity index (χ1) is 8.47. The van der Waals surface area contributed by atoms with Crippen LogP contribution in [0.25, 0.3) is 0 Å². The predicted octanol–water partition coefficient (Wildman–Crippen LogP) is 3.39. The van der Waals surface area contributed by atoms with Crippen LogP contribution in [0.3, 0.4) is 0 Å². The first-order valence-corrected chi connectivity index (χ1v) is 6.03. The summed E-state index contributed by atoms with van der Waals surface area (Å²) in [5.41, 5.74) is -0.554. The van der Waals surface area contributed by atoms with E-state index < -0.39 is 17.6 Å². The molecule has 1 N–H and O–H groups in total. The summed E-state index contributed by atoms with van der Waals surface area (Å²) < 4.78 is 50.5. The molecule has 1 fully saturated rings. The van der Waals surface area contributed by atoms with Gasteiger partial charge >= 0.3 is 6.18 Å². The van der Waals surface area contributed by atoms with E-state index in [2.05, 4.69) is 5.32 Å². The molecule has 0 amide bonds. The summed E-state index contributed by atoms with van der Waals surface area (Å²) >= 11 is 0. The average molecular weight is 261 g/mol. The topological polar surface area (TPSA) is 12.0 Å². The van der Waals surface area contributed by atoms with Crippen LogP contribution in [-0.2, 0) is 12.6 Å². The van der Waals surface area contributed by atoms with Gasteiger partial charge in [-0.1, -0.05) is 6.07 Å². The second kappa shape index (κ2) is 5.26. The highest BCUT2D eigenvalue weighted by Gasteiger charge is 2.33. The number of benzene rings is 1. The van der Waals surface area contributed by atoms with Crippen molar-refractivity contribution in [1.29, 1.82) is 0 Å². The maximum Gasteiger partial charge on any atom is 0.419 e. The number of nitrogens with one attached hydrogen (secondary N) is 1. The smallest absolute Gasteiger partial charge is 0.316 e. The van der Waals surface area contributed by atoms with Gasteiger partial charge in [0.25, 0.3) is 0 Å². The van der Waals surface area contributed by atoms with Gasteiger partial charge in [0.1, 0.15) is 5.82 Å². The van der Waals surface area contributed by atoms with Gasteiger partial charge in [-0.25, -0.2) is 4.39 Å². The molecule has 0 bridgehead atoms. The van der Waals surface area contributed by atoms with E-state index in [-0.39, 0.29) is 0 Å². The lowest BCUT2D eigenvalue weighted by Gasteiger charge is -2.22. The Morgan fingerprint density at radius 2 is 2.06 bits per heavy atom. The summed E-state index contributed by atoms with van der Waals surface area (Å²) in [6.07, 6.45) is -1.89. The standard InChI is InChI=1S/C13H15F4N/c14-12-7-9(3-4-11(12)13(15,16)17)6-10-2-1-5-18-8-10/h3-4,7,10,18H,1-2,5-6,8H2. The quantitative estimate of drug-likeness (QED) is 0.805. The van der Waals surface area contributed by atoms with Crippen molar-refractivity contribution in [3.8, 4) is 0 Å². The minimum Gasteiger partial charge on any atom is -0.316 e. The summed E-state index contributed by atoms with van der Waals surface area (Å²) in [4.78, 5) is 0. The molecule has 1 aromatic rings. The van der Waals surface area contributed by atoms with Crippen LogP contribution < -0.4 is 5.32 Å². The monoisotopic (exact) mass is 261 g/mol. The first kappa shape index (κ1) is 13.3. The van der Waals surface area contributed by atoms with E-state index in [9.17, 15) is 17.6 Å². The lowest BCUT2D eigenvalue weighted by Crippen LogP contribution is -2.30. The van der Waals surface area contributed by atoms with Crippen LogP contribution in [0.1, 0.15) is 24.0 Å². The van der Waals surface area contributed by atoms with E-state index in [0.717, 1.165) is 38.1 Å². The second-order valence-electron chi connectivity index (χ2n) is 4.73. The van der Waals surface area contributed by atoms with Crippen LogP contribution in [0.15, 0.2) is 18.2 Å². The molecular formula is C13H15F4N. The molecule has 0 radical (unpaired) electrons. The molecule has 1 heterocycles. The minimum absolute atomic E-state index is 0.384. The summed E-state index contributed by atoms with van der Waals surface area (Å²) in [5, 5.41) is 3.23. The highest BCUT2D eigenvalue weighted by atomic mass is 19.4. The van der Waals surface area contributed by atoms with Gasteiger partial charge in [-0.2, -0.15) is 13.2 Å². The third kappa shape index (κ3) is 3.22. The van der Waals surface area contributed by atoms with Crippen LogP contribution in [0.4, 0.5) is 17.6 Å². The molecule has 1 atom stereocenters. The van der Waals surface area contributed by atoms with Crippen LogP contribution >= 0.6 is 0 Å². The number of rotatable bonds is 2. The van der Waals surface area contributed by atoms with E-state index in [0.29, 0.717) is 17.9 Å². The fourth-order valence-electron chi connectivity index (χ4n) is 2.35. The average Bonchev–Trinajstić information content (AvgIpc) is 2.28. The minimum atomic E-state index is -4.62. The van der Waals surface area contributed by atoms with Crippen molar-refractivity contribution in [2.24, 2.45) is 5.92 Å². The maximum atomic E-state index is 13.4. The number of hydrogen-bond acceptors (Lipinski definition) is 1. The Hall–Kier alpha value is -1.10. The Labute approximate surface area is 103 Å². The normalized spacial score (nSPS) is 21.0. The Morgan fingerprint density at radius 3 is 2.61 bits per heavy atom. The van der Waals surface area contributed by atoms with E-state index in [4.69, 9.17) is 0 Å². The van der Waals surface area contributed by atoms with E-state index >= 15 is 0 Å². The predicted molar refractivity (Wildman–Crippen MR) is 60.7 cm³/mol. The number of piperidine rings is 1. The Morgan fingerprint density at radius 1 is 1.28 bits per heavy atom. The molecule has 5 heteroatoms. The van der Waals surface area contributed by atoms with Crippen LogP contribution in [0.5, 0.6) is 0 Å². The molecule has 1 saturated heterocycles. The Balaban J connectivity index is 2.08. The fraction of sp³-hybridized carbons (Fsp3) is 0.538. The highest BCUT2D eigenvalue weighted by Crippen LogP contribution is 2.32. The number of hydrogen-bond donors (Lipinski definition) is 1. The molecule has 100 valence electrons. The van der Waals surface area contributed by atoms with Crippen molar-refractivity contribution in [3.63, 3.8) is 0 Å². The SMILES string of the molecule is Fc1cc(CC2CCCNC2)ccc1C(F)(F)F. The van der Waals surface area contributed by atoms with Gasteiger partial charge < -0.3 is 5.32 Å². The zero-order valence-electron chi connectivity index (χ0n) is 9.86. The third-order valence-electron chi connectivity index (χ3n) is 3.26. The molecule has 1 aliphatic heterocycles. The van der Waals surface area contributed by atoms with Gasteiger partial charge in [-0.3, -0.25) is 0 Å². The molecule has 0 saturated carbocycles. The second-order valence-corrected chi connectivity index (χ2v) is 4.73. The Kier molecular flexibility index (Phi) is 3.90. The lowest BCUT2D eigenvalue weighted by molar-refractivity contribution is -0.140. The molecule has 0 aliphatic carbocycles. The van der Waals surface area contributed by atoms with E-state index in [1.807, 2.05) is 0 Å². The lowest BCUT2D eigenvalue weighted by atomic mass is 9.92. The van der Waals surface area contributed by atoms with Crippen molar-refractivity contribution in [2.45, 2.75) is 25.4 Å². The van der Waals surface area contributed by atoms with Crippen molar-refractivity contribution < 1.29 is 17.6 Å². The molecule has 1 unspecified atom stereocenters. The summed E-state index contributed by atoms with van der Waals surface area (Å²) in [5.74, 6) is -0.793. The van der Waals surface area contributed by atoms with Crippen molar-refractivity contribution in [1.82, 2.24) is 5.32 Å². The van der Waals surface area contributed by atoms with Crippen LogP contribution in [0.2, 0.25) is 0 Å². The molecule has 1 nitrogen and oxygen atoms in total. The fourth-order valence-corrected chi connectivity index (χ4v) is 2.35. The van der Waals surface area contributed by atoms with Crippen LogP contribution in [0, 0.1) is 11.7 Å². The van der Waals surface area contributed by atoms with Crippen LogP contribution in [-0.4, -0.2) is 13.1 Å². The zero-order valence-corrected chi connectivity index (χ0v) is 9.86. The molecule has 1 aromatic carbocycles. The van der Waals surface area contributed by atoms with Gasteiger partial charge in [0, 0.05) is 0 Å². The molecule has 0 aromatic heterocycles. The van der Waals surface area contributed by atoms with Gasteiger partial charge in [0.15, 0.2) is 0 Å². The molecule has 1 aliphatic rings. The van der Waals surface area contributed by atoms with Crippen molar-refractivity contribution in [2.75, 3.05) is 13.1 Å². The molecule has 2 rings (SSSR count).